The summed E-state index contributed by atoms with van der Waals surface area (Å²) in [4.78, 5) is 26.7. The molecule has 134 valence electrons. The number of nitrogens with one attached hydrogen (secondary N) is 1. The molecule has 26 heavy (non-hydrogen) atoms. The third-order valence-corrected chi connectivity index (χ3v) is 4.19. The van der Waals surface area contributed by atoms with Gasteiger partial charge in [-0.15, -0.1) is 5.10 Å². The maximum Gasteiger partial charge on any atom is 0.373 e. The third kappa shape index (κ3) is 3.68. The highest BCUT2D eigenvalue weighted by molar-refractivity contribution is 6.42. The van der Waals surface area contributed by atoms with E-state index in [1.807, 2.05) is 0 Å². The van der Waals surface area contributed by atoms with Crippen molar-refractivity contribution in [3.63, 3.8) is 0 Å². The molecule has 3 rings (SSSR count). The standard InChI is InChI=1S/C15H11Cl2N5O4/c1-7-12(13(23)19-15-18-5-11(26-15)14(24)25)20-21-22(7)6-8-2-3-9(16)10(17)4-8/h2-5H,6H2,1H3,(H,24,25)(H,18,19,23). The highest BCUT2D eigenvalue weighted by Crippen LogP contribution is 2.23. The average Bonchev–Trinajstić information content (AvgIpc) is 3.19. The second-order valence-corrected chi connectivity index (χ2v) is 6.03. The number of amides is 1. The van der Waals surface area contributed by atoms with Gasteiger partial charge in [0.15, 0.2) is 5.69 Å². The number of carbonyl (C=O) groups excluding carboxylic acids is 1. The fourth-order valence-corrected chi connectivity index (χ4v) is 2.44. The molecule has 0 aliphatic carbocycles. The first-order chi connectivity index (χ1) is 12.3. The quantitative estimate of drug-likeness (QED) is 0.680. The molecule has 0 spiro atoms. The Hall–Kier alpha value is -2.91. The molecule has 0 aliphatic rings. The summed E-state index contributed by atoms with van der Waals surface area (Å²) in [6, 6.07) is 4.91. The number of nitrogens with zero attached hydrogens (tertiary/aromatic N) is 4. The van der Waals surface area contributed by atoms with Crippen molar-refractivity contribution < 1.29 is 19.1 Å². The molecule has 0 bridgehead atoms. The predicted octanol–water partition coefficient (Wildman–Crippen LogP) is 2.88. The van der Waals surface area contributed by atoms with Crippen LogP contribution >= 0.6 is 23.2 Å². The zero-order chi connectivity index (χ0) is 18.8. The molecule has 0 fully saturated rings. The normalized spacial score (nSPS) is 10.7. The minimum atomic E-state index is -1.29. The zero-order valence-electron chi connectivity index (χ0n) is 13.2. The number of halogens is 2. The molecule has 2 aromatic heterocycles. The molecule has 0 aliphatic heterocycles. The van der Waals surface area contributed by atoms with E-state index in [9.17, 15) is 9.59 Å². The Balaban J connectivity index is 1.75. The van der Waals surface area contributed by atoms with E-state index in [4.69, 9.17) is 32.7 Å². The molecule has 0 unspecified atom stereocenters. The minimum Gasteiger partial charge on any atom is -0.475 e. The highest BCUT2D eigenvalue weighted by atomic mass is 35.5. The van der Waals surface area contributed by atoms with E-state index in [-0.39, 0.29) is 17.5 Å². The molecule has 9 nitrogen and oxygen atoms in total. The second-order valence-electron chi connectivity index (χ2n) is 5.22. The van der Waals surface area contributed by atoms with Crippen molar-refractivity contribution in [2.45, 2.75) is 13.5 Å². The number of aromatic nitrogens is 4. The van der Waals surface area contributed by atoms with Crippen LogP contribution in [-0.4, -0.2) is 37.0 Å². The van der Waals surface area contributed by atoms with Gasteiger partial charge in [0.1, 0.15) is 0 Å². The molecule has 1 amide bonds. The van der Waals surface area contributed by atoms with Gasteiger partial charge in [0.2, 0.25) is 5.76 Å². The van der Waals surface area contributed by atoms with Crippen LogP contribution in [0.25, 0.3) is 0 Å². The summed E-state index contributed by atoms with van der Waals surface area (Å²) in [5.74, 6) is -2.30. The molecule has 2 N–H and O–H groups in total. The summed E-state index contributed by atoms with van der Waals surface area (Å²) in [6.07, 6.45) is 0.992. The van der Waals surface area contributed by atoms with Gasteiger partial charge in [-0.1, -0.05) is 34.5 Å². The second kappa shape index (κ2) is 7.14. The van der Waals surface area contributed by atoms with Crippen molar-refractivity contribution in [1.29, 1.82) is 0 Å². The van der Waals surface area contributed by atoms with E-state index in [1.165, 1.54) is 4.68 Å². The van der Waals surface area contributed by atoms with Crippen molar-refractivity contribution in [2.75, 3.05) is 5.32 Å². The number of hydrogen-bond donors (Lipinski definition) is 2. The number of carboxylic acid groups (broad SMARTS) is 1. The van der Waals surface area contributed by atoms with E-state index in [0.717, 1.165) is 11.8 Å². The third-order valence-electron chi connectivity index (χ3n) is 3.45. The van der Waals surface area contributed by atoms with Crippen molar-refractivity contribution in [3.8, 4) is 0 Å². The average molecular weight is 396 g/mol. The van der Waals surface area contributed by atoms with Gasteiger partial charge in [-0.3, -0.25) is 10.1 Å². The van der Waals surface area contributed by atoms with Gasteiger partial charge in [-0.2, -0.15) is 0 Å². The number of carboxylic acids is 1. The van der Waals surface area contributed by atoms with Crippen LogP contribution in [0.1, 0.15) is 32.3 Å². The lowest BCUT2D eigenvalue weighted by Gasteiger charge is -2.05. The van der Waals surface area contributed by atoms with Gasteiger partial charge in [-0.05, 0) is 24.6 Å². The summed E-state index contributed by atoms with van der Waals surface area (Å²) in [5.41, 5.74) is 1.39. The summed E-state index contributed by atoms with van der Waals surface area (Å²) in [5, 5.41) is 19.8. The summed E-state index contributed by atoms with van der Waals surface area (Å²) >= 11 is 11.9. The minimum absolute atomic E-state index is 0.0557. The van der Waals surface area contributed by atoms with E-state index in [1.54, 1.807) is 25.1 Å². The monoisotopic (exact) mass is 395 g/mol. The van der Waals surface area contributed by atoms with Crippen LogP contribution in [-0.2, 0) is 6.54 Å². The van der Waals surface area contributed by atoms with Gasteiger partial charge in [-0.25, -0.2) is 14.5 Å². The molecular formula is C15H11Cl2N5O4. The van der Waals surface area contributed by atoms with Crippen molar-refractivity contribution in [2.24, 2.45) is 0 Å². The lowest BCUT2D eigenvalue weighted by Crippen LogP contribution is -2.14. The Kier molecular flexibility index (Phi) is 4.92. The molecule has 0 radical (unpaired) electrons. The van der Waals surface area contributed by atoms with Crippen LogP contribution in [0, 0.1) is 6.92 Å². The van der Waals surface area contributed by atoms with Crippen LogP contribution in [0.4, 0.5) is 6.01 Å². The smallest absolute Gasteiger partial charge is 0.373 e. The Morgan fingerprint density at radius 2 is 2.08 bits per heavy atom. The molecule has 2 heterocycles. The van der Waals surface area contributed by atoms with Gasteiger partial charge in [0, 0.05) is 0 Å². The topological polar surface area (TPSA) is 123 Å². The van der Waals surface area contributed by atoms with Crippen LogP contribution in [0.15, 0.2) is 28.8 Å². The first-order valence-corrected chi connectivity index (χ1v) is 7.95. The highest BCUT2D eigenvalue weighted by Gasteiger charge is 2.19. The predicted molar refractivity (Wildman–Crippen MR) is 91.7 cm³/mol. The first-order valence-electron chi connectivity index (χ1n) is 7.19. The maximum absolute atomic E-state index is 12.3. The number of oxazole rings is 1. The Bertz CT molecular complexity index is 998. The van der Waals surface area contributed by atoms with Gasteiger partial charge in [0.25, 0.3) is 5.91 Å². The Labute approximate surface area is 156 Å². The first kappa shape index (κ1) is 17.9. The van der Waals surface area contributed by atoms with Crippen molar-refractivity contribution in [1.82, 2.24) is 20.0 Å². The summed E-state index contributed by atoms with van der Waals surface area (Å²) < 4.78 is 6.40. The molecular weight excluding hydrogens is 385 g/mol. The zero-order valence-corrected chi connectivity index (χ0v) is 14.7. The number of rotatable bonds is 5. The van der Waals surface area contributed by atoms with Crippen LogP contribution < -0.4 is 5.32 Å². The summed E-state index contributed by atoms with van der Waals surface area (Å²) in [7, 11) is 0. The van der Waals surface area contributed by atoms with Crippen molar-refractivity contribution >= 4 is 41.1 Å². The molecule has 0 saturated carbocycles. The van der Waals surface area contributed by atoms with Gasteiger partial charge >= 0.3 is 12.0 Å². The molecule has 11 heteroatoms. The van der Waals surface area contributed by atoms with Crippen LogP contribution in [0.2, 0.25) is 10.0 Å². The molecule has 0 saturated heterocycles. The van der Waals surface area contributed by atoms with Crippen LogP contribution in [0.5, 0.6) is 0 Å². The Morgan fingerprint density at radius 1 is 1.31 bits per heavy atom. The SMILES string of the molecule is Cc1c(C(=O)Nc2ncc(C(=O)O)o2)nnn1Cc1ccc(Cl)c(Cl)c1. The summed E-state index contributed by atoms with van der Waals surface area (Å²) in [6.45, 7) is 2.01. The number of hydrogen-bond acceptors (Lipinski definition) is 6. The Morgan fingerprint density at radius 3 is 2.73 bits per heavy atom. The fourth-order valence-electron chi connectivity index (χ4n) is 2.12. The largest absolute Gasteiger partial charge is 0.475 e. The van der Waals surface area contributed by atoms with E-state index >= 15 is 0 Å². The van der Waals surface area contributed by atoms with E-state index in [0.29, 0.717) is 22.3 Å². The van der Waals surface area contributed by atoms with E-state index in [2.05, 4.69) is 20.6 Å². The van der Waals surface area contributed by atoms with E-state index < -0.39 is 11.9 Å². The van der Waals surface area contributed by atoms with Gasteiger partial charge in [0.05, 0.1) is 28.5 Å². The molecule has 0 atom stereocenters. The maximum atomic E-state index is 12.3. The number of benzene rings is 1. The van der Waals surface area contributed by atoms with Gasteiger partial charge < -0.3 is 9.52 Å². The number of anilines is 1. The lowest BCUT2D eigenvalue weighted by atomic mass is 10.2. The molecule has 1 aromatic carbocycles. The van der Waals surface area contributed by atoms with Crippen molar-refractivity contribution in [3.05, 3.63) is 57.2 Å². The fraction of sp³-hybridized carbons (Fsp3) is 0.133. The van der Waals surface area contributed by atoms with Crippen LogP contribution in [0.3, 0.4) is 0 Å². The number of carbonyl (C=O) groups is 2. The number of aromatic carboxylic acids is 1. The molecule has 3 aromatic rings. The lowest BCUT2D eigenvalue weighted by molar-refractivity contribution is 0.0662.